The molecule has 2 aromatic heterocycles. The fourth-order valence-corrected chi connectivity index (χ4v) is 6.81. The van der Waals surface area contributed by atoms with Gasteiger partial charge in [-0.3, -0.25) is 4.90 Å². The lowest BCUT2D eigenvalue weighted by Crippen LogP contribution is -2.43. The number of carbonyl (C=O) groups is 2. The first-order valence-electron chi connectivity index (χ1n) is 16.9. The third kappa shape index (κ3) is 8.06. The van der Waals surface area contributed by atoms with E-state index in [-0.39, 0.29) is 55.3 Å². The van der Waals surface area contributed by atoms with Crippen LogP contribution in [-0.4, -0.2) is 80.3 Å². The molecule has 3 N–H and O–H groups in total. The number of likely N-dealkylation sites (tertiary alicyclic amines) is 1. The first-order chi connectivity index (χ1) is 24.9. The maximum Gasteiger partial charge on any atom is 0.429 e. The second-order valence-corrected chi connectivity index (χ2v) is 13.0. The zero-order valence-corrected chi connectivity index (χ0v) is 28.8. The molecule has 6 rings (SSSR count). The number of aryl methyl sites for hydroxylation is 1. The number of carbonyl (C=O) groups excluding carboxylic acids is 2. The molecule has 2 atom stereocenters. The fourth-order valence-electron chi connectivity index (χ4n) is 6.81. The highest BCUT2D eigenvalue weighted by Gasteiger charge is 2.51. The number of benzene rings is 2. The Morgan fingerprint density at radius 3 is 2.44 bits per heavy atom. The smallest absolute Gasteiger partial charge is 0.429 e. The molecule has 2 aliphatic heterocycles. The molecule has 2 aliphatic rings. The van der Waals surface area contributed by atoms with E-state index in [1.807, 2.05) is 35.2 Å². The van der Waals surface area contributed by atoms with Crippen molar-refractivity contribution >= 4 is 23.8 Å². The van der Waals surface area contributed by atoms with Crippen molar-refractivity contribution in [3.63, 3.8) is 0 Å². The minimum Gasteiger partial charge on any atom is -0.464 e. The van der Waals surface area contributed by atoms with Crippen LogP contribution in [0.5, 0.6) is 5.88 Å². The average Bonchev–Trinajstić information content (AvgIpc) is 3.73. The Labute approximate surface area is 298 Å². The van der Waals surface area contributed by atoms with Gasteiger partial charge in [0, 0.05) is 37.5 Å². The van der Waals surface area contributed by atoms with Crippen molar-refractivity contribution in [2.24, 2.45) is 5.41 Å². The predicted molar refractivity (Wildman–Crippen MR) is 182 cm³/mol. The molecule has 52 heavy (non-hydrogen) atoms. The molecule has 0 unspecified atom stereocenters. The molecule has 2 aromatic carbocycles. The summed E-state index contributed by atoms with van der Waals surface area (Å²) < 4.78 is 61.9. The van der Waals surface area contributed by atoms with E-state index in [0.717, 1.165) is 5.56 Å². The van der Waals surface area contributed by atoms with E-state index in [9.17, 15) is 27.9 Å². The van der Waals surface area contributed by atoms with Crippen molar-refractivity contribution in [3.05, 3.63) is 89.2 Å². The molecule has 0 bridgehead atoms. The molecule has 2 saturated heterocycles. The third-order valence-electron chi connectivity index (χ3n) is 9.43. The van der Waals surface area contributed by atoms with Crippen LogP contribution < -0.4 is 15.4 Å². The monoisotopic (exact) mass is 723 g/mol. The molecule has 1 amide bonds. The molecule has 1 spiro atoms. The number of piperidine rings is 1. The molecule has 4 heterocycles. The largest absolute Gasteiger partial charge is 0.464 e. The number of rotatable bonds is 10. The van der Waals surface area contributed by atoms with Gasteiger partial charge >= 0.3 is 18.2 Å². The highest BCUT2D eigenvalue weighted by Crippen LogP contribution is 2.45. The first kappa shape index (κ1) is 36.4. The number of hydrogen-bond acceptors (Lipinski definition) is 11. The lowest BCUT2D eigenvalue weighted by molar-refractivity contribution is -0.198. The number of alkyl halides is 3. The van der Waals surface area contributed by atoms with Crippen LogP contribution >= 0.6 is 0 Å². The van der Waals surface area contributed by atoms with Crippen LogP contribution in [0.25, 0.3) is 5.69 Å². The van der Waals surface area contributed by atoms with Gasteiger partial charge in [-0.15, -0.1) is 0 Å². The number of hydrogen-bond donors (Lipinski definition) is 2. The Balaban J connectivity index is 1.19. The molecule has 0 saturated carbocycles. The Hall–Kier alpha value is -5.38. The normalized spacial score (nSPS) is 17.6. The zero-order chi connectivity index (χ0) is 37.0. The zero-order valence-electron chi connectivity index (χ0n) is 28.8. The molecular formula is C36H40F3N7O6. The van der Waals surface area contributed by atoms with Gasteiger partial charge in [0.25, 0.3) is 0 Å². The molecule has 4 aromatic rings. The van der Waals surface area contributed by atoms with Gasteiger partial charge < -0.3 is 30.0 Å². The Morgan fingerprint density at radius 1 is 1.04 bits per heavy atom. The second-order valence-electron chi connectivity index (χ2n) is 13.0. The van der Waals surface area contributed by atoms with Gasteiger partial charge in [-0.25, -0.2) is 14.3 Å². The molecular weight excluding hydrogens is 683 g/mol. The summed E-state index contributed by atoms with van der Waals surface area (Å²) in [5, 5.41) is 14.0. The lowest BCUT2D eigenvalue weighted by atomic mass is 9.76. The molecule has 0 radical (unpaired) electrons. The van der Waals surface area contributed by atoms with Crippen molar-refractivity contribution in [2.75, 3.05) is 36.9 Å². The Morgan fingerprint density at radius 2 is 1.79 bits per heavy atom. The van der Waals surface area contributed by atoms with E-state index in [4.69, 9.17) is 19.9 Å². The van der Waals surface area contributed by atoms with Crippen LogP contribution in [0.3, 0.4) is 0 Å². The van der Waals surface area contributed by atoms with Gasteiger partial charge in [-0.1, -0.05) is 42.5 Å². The van der Waals surface area contributed by atoms with Gasteiger partial charge in [0.05, 0.1) is 24.6 Å². The summed E-state index contributed by atoms with van der Waals surface area (Å²) in [7, 11) is 0. The number of aliphatic hydroxyl groups is 1. The summed E-state index contributed by atoms with van der Waals surface area (Å²) in [5.74, 6) is -0.881. The van der Waals surface area contributed by atoms with Crippen molar-refractivity contribution in [1.82, 2.24) is 24.6 Å². The van der Waals surface area contributed by atoms with E-state index in [1.54, 1.807) is 19.9 Å². The van der Waals surface area contributed by atoms with Crippen LogP contribution in [0, 0.1) is 12.3 Å². The van der Waals surface area contributed by atoms with Crippen LogP contribution in [0.2, 0.25) is 0 Å². The van der Waals surface area contributed by atoms with Gasteiger partial charge in [0.15, 0.2) is 0 Å². The second kappa shape index (κ2) is 15.1. The highest BCUT2D eigenvalue weighted by atomic mass is 19.4. The summed E-state index contributed by atoms with van der Waals surface area (Å²) >= 11 is 0. The van der Waals surface area contributed by atoms with Gasteiger partial charge in [0.2, 0.25) is 17.9 Å². The lowest BCUT2D eigenvalue weighted by Gasteiger charge is -2.39. The van der Waals surface area contributed by atoms with Gasteiger partial charge in [-0.05, 0) is 61.8 Å². The predicted octanol–water partition coefficient (Wildman–Crippen LogP) is 5.29. The highest BCUT2D eigenvalue weighted by molar-refractivity contribution is 5.82. The van der Waals surface area contributed by atoms with Crippen LogP contribution in [0.1, 0.15) is 54.7 Å². The number of halogens is 3. The minimum atomic E-state index is -4.87. The number of nitrogens with zero attached hydrogens (tertiary/aromatic N) is 6. The number of nitrogen functional groups attached to an aromatic ring is 1. The maximum absolute atomic E-state index is 14.7. The number of nitrogens with two attached hydrogens (primary N) is 1. The van der Waals surface area contributed by atoms with Gasteiger partial charge in [-0.2, -0.15) is 28.2 Å². The quantitative estimate of drug-likeness (QED) is 0.205. The molecule has 0 aliphatic carbocycles. The Bertz CT molecular complexity index is 1880. The van der Waals surface area contributed by atoms with Crippen LogP contribution in [0.4, 0.5) is 29.7 Å². The average molecular weight is 724 g/mol. The maximum atomic E-state index is 14.7. The van der Waals surface area contributed by atoms with Gasteiger partial charge in [0.1, 0.15) is 18.5 Å². The molecule has 276 valence electrons. The third-order valence-corrected chi connectivity index (χ3v) is 9.43. The standard InChI is InChI=1S/C36H40F3N7O6/c1-3-50-32(48)28-19-35(22-45(28)34(49)51-21-24-7-5-4-6-8-24)12-15-44(16-13-35)29-18-30(42-33(40)41-29)52-31(36(37,38)39)26-10-9-25(20-47)17-27(26)46-14-11-23(2)43-46/h4-11,14,17-18,28,31,47H,3,12-13,15-16,19-22H2,1-2H3,(H2,40,41,42)/t28-,31+/m0/s1. The molecule has 16 heteroatoms. The summed E-state index contributed by atoms with van der Waals surface area (Å²) in [6.07, 6.45) is -4.96. The number of ether oxygens (including phenoxy) is 3. The van der Waals surface area contributed by atoms with E-state index in [1.165, 1.54) is 40.0 Å². The summed E-state index contributed by atoms with van der Waals surface area (Å²) in [6, 6.07) is 15.4. The number of anilines is 2. The van der Waals surface area contributed by atoms with Crippen molar-refractivity contribution in [3.8, 4) is 11.6 Å². The molecule has 13 nitrogen and oxygen atoms in total. The van der Waals surface area contributed by atoms with E-state index in [2.05, 4.69) is 15.1 Å². The van der Waals surface area contributed by atoms with E-state index >= 15 is 0 Å². The summed E-state index contributed by atoms with van der Waals surface area (Å²) in [5.41, 5.74) is 7.22. The van der Waals surface area contributed by atoms with Crippen molar-refractivity contribution < 1.29 is 42.1 Å². The van der Waals surface area contributed by atoms with Crippen molar-refractivity contribution in [2.45, 2.75) is 64.6 Å². The topological polar surface area (TPSA) is 158 Å². The van der Waals surface area contributed by atoms with Crippen LogP contribution in [-0.2, 0) is 27.5 Å². The fraction of sp³-hybridized carbons (Fsp3) is 0.417. The first-order valence-corrected chi connectivity index (χ1v) is 16.9. The Kier molecular flexibility index (Phi) is 10.6. The van der Waals surface area contributed by atoms with Crippen LogP contribution in [0.15, 0.2) is 66.9 Å². The number of amides is 1. The number of aliphatic hydroxyl groups excluding tert-OH is 1. The number of aromatic nitrogens is 4. The molecule has 2 fully saturated rings. The summed E-state index contributed by atoms with van der Waals surface area (Å²) in [4.78, 5) is 37.8. The number of esters is 1. The van der Waals surface area contributed by atoms with E-state index < -0.39 is 35.8 Å². The van der Waals surface area contributed by atoms with Crippen molar-refractivity contribution in [1.29, 1.82) is 0 Å². The van der Waals surface area contributed by atoms with E-state index in [0.29, 0.717) is 43.6 Å². The SMILES string of the molecule is CCOC(=O)[C@@H]1CC2(CCN(c3cc(O[C@H](c4ccc(CO)cc4-n4ccc(C)n4)C(F)(F)F)nc(N)n3)CC2)CN1C(=O)OCc1ccccc1. The summed E-state index contributed by atoms with van der Waals surface area (Å²) in [6.45, 7) is 4.34. The minimum absolute atomic E-state index is 0.0550.